The molecule has 2 aromatic rings. The number of carbonyl (C=O) groups excluding carboxylic acids is 1. The number of nitrogens with two attached hydrogens (primary N) is 1. The standard InChI is InChI=1S/C15H15ClN2O2/c1-20-12-5-2-10(3-6-12)8-15(19)18-14-9-11(16)4-7-13(14)17/h2-7,9H,8,17H2,1H3,(H,18,19). The molecule has 0 heterocycles. The fraction of sp³-hybridized carbons (Fsp3) is 0.133. The number of anilines is 2. The van der Waals surface area contributed by atoms with Crippen LogP contribution >= 0.6 is 11.6 Å². The second-order valence-electron chi connectivity index (χ2n) is 4.30. The third kappa shape index (κ3) is 3.65. The molecular weight excluding hydrogens is 276 g/mol. The van der Waals surface area contributed by atoms with Crippen molar-refractivity contribution in [1.29, 1.82) is 0 Å². The third-order valence-corrected chi connectivity index (χ3v) is 3.05. The summed E-state index contributed by atoms with van der Waals surface area (Å²) in [4.78, 5) is 12.0. The van der Waals surface area contributed by atoms with Crippen molar-refractivity contribution in [2.45, 2.75) is 6.42 Å². The van der Waals surface area contributed by atoms with E-state index in [2.05, 4.69) is 5.32 Å². The Morgan fingerprint density at radius 2 is 1.95 bits per heavy atom. The summed E-state index contributed by atoms with van der Waals surface area (Å²) >= 11 is 5.87. The average Bonchev–Trinajstić information content (AvgIpc) is 2.43. The van der Waals surface area contributed by atoms with E-state index in [-0.39, 0.29) is 12.3 Å². The summed E-state index contributed by atoms with van der Waals surface area (Å²) in [5.74, 6) is 0.609. The van der Waals surface area contributed by atoms with Gasteiger partial charge in [-0.1, -0.05) is 23.7 Å². The summed E-state index contributed by atoms with van der Waals surface area (Å²) in [6.07, 6.45) is 0.260. The molecule has 0 radical (unpaired) electrons. The van der Waals surface area contributed by atoms with Crippen molar-refractivity contribution in [2.24, 2.45) is 0 Å². The molecule has 0 aliphatic rings. The maximum Gasteiger partial charge on any atom is 0.228 e. The van der Waals surface area contributed by atoms with Crippen LogP contribution in [0.1, 0.15) is 5.56 Å². The van der Waals surface area contributed by atoms with Gasteiger partial charge in [0.25, 0.3) is 0 Å². The van der Waals surface area contributed by atoms with Gasteiger partial charge in [-0.15, -0.1) is 0 Å². The Morgan fingerprint density at radius 1 is 1.25 bits per heavy atom. The summed E-state index contributed by atoms with van der Waals surface area (Å²) in [5, 5.41) is 3.28. The highest BCUT2D eigenvalue weighted by atomic mass is 35.5. The molecule has 2 rings (SSSR count). The molecule has 3 N–H and O–H groups in total. The lowest BCUT2D eigenvalue weighted by molar-refractivity contribution is -0.115. The fourth-order valence-electron chi connectivity index (χ4n) is 1.76. The second-order valence-corrected chi connectivity index (χ2v) is 4.74. The lowest BCUT2D eigenvalue weighted by atomic mass is 10.1. The summed E-state index contributed by atoms with van der Waals surface area (Å²) in [6, 6.07) is 12.3. The van der Waals surface area contributed by atoms with Gasteiger partial charge in [-0.25, -0.2) is 0 Å². The zero-order valence-corrected chi connectivity index (χ0v) is 11.8. The number of nitrogen functional groups attached to an aromatic ring is 1. The molecule has 104 valence electrons. The van der Waals surface area contributed by atoms with E-state index in [1.54, 1.807) is 25.3 Å². The maximum absolute atomic E-state index is 12.0. The number of methoxy groups -OCH3 is 1. The zero-order chi connectivity index (χ0) is 14.5. The molecule has 0 spiro atoms. The molecule has 0 saturated heterocycles. The molecule has 2 aromatic carbocycles. The van der Waals surface area contributed by atoms with E-state index < -0.39 is 0 Å². The van der Waals surface area contributed by atoms with Crippen LogP contribution in [0.3, 0.4) is 0 Å². The van der Waals surface area contributed by atoms with Crippen LogP contribution in [0, 0.1) is 0 Å². The molecule has 0 atom stereocenters. The molecule has 20 heavy (non-hydrogen) atoms. The number of rotatable bonds is 4. The summed E-state index contributed by atoms with van der Waals surface area (Å²) in [7, 11) is 1.60. The molecule has 0 aromatic heterocycles. The van der Waals surface area contributed by atoms with Gasteiger partial charge in [0.2, 0.25) is 5.91 Å². The number of nitrogens with one attached hydrogen (secondary N) is 1. The molecule has 5 heteroatoms. The first kappa shape index (κ1) is 14.2. The van der Waals surface area contributed by atoms with Crippen LogP contribution < -0.4 is 15.8 Å². The van der Waals surface area contributed by atoms with E-state index in [0.29, 0.717) is 16.4 Å². The van der Waals surface area contributed by atoms with Crippen molar-refractivity contribution in [3.05, 3.63) is 53.1 Å². The van der Waals surface area contributed by atoms with E-state index in [9.17, 15) is 4.79 Å². The molecular formula is C15H15ClN2O2. The van der Waals surface area contributed by atoms with Gasteiger partial charge in [0.15, 0.2) is 0 Å². The smallest absolute Gasteiger partial charge is 0.228 e. The Labute approximate surface area is 122 Å². The molecule has 4 nitrogen and oxygen atoms in total. The van der Waals surface area contributed by atoms with E-state index >= 15 is 0 Å². The molecule has 0 bridgehead atoms. The quantitative estimate of drug-likeness (QED) is 0.850. The first-order chi connectivity index (χ1) is 9.58. The molecule has 1 amide bonds. The van der Waals surface area contributed by atoms with Crippen LogP contribution in [-0.4, -0.2) is 13.0 Å². The van der Waals surface area contributed by atoms with Crippen molar-refractivity contribution in [2.75, 3.05) is 18.2 Å². The molecule has 0 unspecified atom stereocenters. The Balaban J connectivity index is 2.03. The minimum absolute atomic E-state index is 0.149. The van der Waals surface area contributed by atoms with Crippen LogP contribution in [0.4, 0.5) is 11.4 Å². The minimum atomic E-state index is -0.149. The first-order valence-corrected chi connectivity index (χ1v) is 6.44. The first-order valence-electron chi connectivity index (χ1n) is 6.06. The van der Waals surface area contributed by atoms with Gasteiger partial charge < -0.3 is 15.8 Å². The van der Waals surface area contributed by atoms with Crippen molar-refractivity contribution >= 4 is 28.9 Å². The van der Waals surface area contributed by atoms with E-state index in [1.165, 1.54) is 0 Å². The normalized spacial score (nSPS) is 10.1. The topological polar surface area (TPSA) is 64.3 Å². The fourth-order valence-corrected chi connectivity index (χ4v) is 1.93. The van der Waals surface area contributed by atoms with E-state index in [0.717, 1.165) is 11.3 Å². The van der Waals surface area contributed by atoms with Crippen LogP contribution in [0.15, 0.2) is 42.5 Å². The highest BCUT2D eigenvalue weighted by Crippen LogP contribution is 2.23. The SMILES string of the molecule is COc1ccc(CC(=O)Nc2cc(Cl)ccc2N)cc1. The van der Waals surface area contributed by atoms with E-state index in [1.807, 2.05) is 24.3 Å². The number of amides is 1. The lowest BCUT2D eigenvalue weighted by Crippen LogP contribution is -2.15. The summed E-state index contributed by atoms with van der Waals surface area (Å²) in [5.41, 5.74) is 7.68. The van der Waals surface area contributed by atoms with Gasteiger partial charge in [-0.05, 0) is 35.9 Å². The average molecular weight is 291 g/mol. The number of hydrogen-bond acceptors (Lipinski definition) is 3. The van der Waals surface area contributed by atoms with Gasteiger partial charge >= 0.3 is 0 Å². The number of hydrogen-bond donors (Lipinski definition) is 2. The Morgan fingerprint density at radius 3 is 2.60 bits per heavy atom. The molecule has 0 aliphatic heterocycles. The monoisotopic (exact) mass is 290 g/mol. The molecule has 0 fully saturated rings. The van der Waals surface area contributed by atoms with Crippen LogP contribution in [0.2, 0.25) is 5.02 Å². The van der Waals surface area contributed by atoms with Crippen molar-refractivity contribution < 1.29 is 9.53 Å². The van der Waals surface area contributed by atoms with Crippen molar-refractivity contribution in [3.8, 4) is 5.75 Å². The van der Waals surface area contributed by atoms with Crippen molar-refractivity contribution in [1.82, 2.24) is 0 Å². The predicted octanol–water partition coefficient (Wildman–Crippen LogP) is 3.11. The van der Waals surface area contributed by atoms with Gasteiger partial charge in [0, 0.05) is 5.02 Å². The van der Waals surface area contributed by atoms with Gasteiger partial charge in [-0.3, -0.25) is 4.79 Å². The minimum Gasteiger partial charge on any atom is -0.497 e. The summed E-state index contributed by atoms with van der Waals surface area (Å²) < 4.78 is 5.07. The van der Waals surface area contributed by atoms with Crippen LogP contribution in [0.25, 0.3) is 0 Å². The van der Waals surface area contributed by atoms with Gasteiger partial charge in [0.05, 0.1) is 24.9 Å². The van der Waals surface area contributed by atoms with Crippen molar-refractivity contribution in [3.63, 3.8) is 0 Å². The Bertz CT molecular complexity index is 612. The van der Waals surface area contributed by atoms with E-state index in [4.69, 9.17) is 22.1 Å². The highest BCUT2D eigenvalue weighted by molar-refractivity contribution is 6.31. The predicted molar refractivity (Wildman–Crippen MR) is 81.2 cm³/mol. The largest absolute Gasteiger partial charge is 0.497 e. The number of carbonyl (C=O) groups is 1. The maximum atomic E-state index is 12.0. The zero-order valence-electron chi connectivity index (χ0n) is 11.0. The van der Waals surface area contributed by atoms with Crippen LogP contribution in [0.5, 0.6) is 5.75 Å². The second kappa shape index (κ2) is 6.30. The van der Waals surface area contributed by atoms with Gasteiger partial charge in [-0.2, -0.15) is 0 Å². The van der Waals surface area contributed by atoms with Crippen LogP contribution in [-0.2, 0) is 11.2 Å². The number of ether oxygens (including phenoxy) is 1. The highest BCUT2D eigenvalue weighted by Gasteiger charge is 2.07. The third-order valence-electron chi connectivity index (χ3n) is 2.81. The summed E-state index contributed by atoms with van der Waals surface area (Å²) in [6.45, 7) is 0. The number of benzene rings is 2. The molecule has 0 aliphatic carbocycles. The lowest BCUT2D eigenvalue weighted by Gasteiger charge is -2.09. The Kier molecular flexibility index (Phi) is 4.48. The number of halogens is 1. The molecule has 0 saturated carbocycles. The van der Waals surface area contributed by atoms with Gasteiger partial charge in [0.1, 0.15) is 5.75 Å². The Hall–Kier alpha value is -2.20.